The van der Waals surface area contributed by atoms with Crippen LogP contribution in [0.3, 0.4) is 0 Å². The fourth-order valence-corrected chi connectivity index (χ4v) is 3.46. The Bertz CT molecular complexity index is 811. The van der Waals surface area contributed by atoms with Crippen LogP contribution in [0.1, 0.15) is 38.2 Å². The summed E-state index contributed by atoms with van der Waals surface area (Å²) in [4.78, 5) is 12.5. The molecule has 2 aromatic carbocycles. The molecule has 1 amide bonds. The molecular weight excluding hydrogens is 296 g/mol. The van der Waals surface area contributed by atoms with Crippen LogP contribution in [0, 0.1) is 17.2 Å². The molecule has 0 aliphatic heterocycles. The summed E-state index contributed by atoms with van der Waals surface area (Å²) in [5.74, 6) is 0.212. The maximum Gasteiger partial charge on any atom is 0.262 e. The number of fused-ring (bicyclic) bond motifs is 1. The number of carbonyl (C=O) groups is 1. The SMILES string of the molecule is C[C@H]1CCCC[C@H]1NC(=O)/C(C#N)=C/c1cccc2ccccc12. The first-order valence-electron chi connectivity index (χ1n) is 8.59. The summed E-state index contributed by atoms with van der Waals surface area (Å²) in [6.45, 7) is 2.17. The maximum atomic E-state index is 12.5. The van der Waals surface area contributed by atoms with Gasteiger partial charge < -0.3 is 5.32 Å². The Morgan fingerprint density at radius 1 is 1.17 bits per heavy atom. The molecule has 1 saturated carbocycles. The van der Waals surface area contributed by atoms with Crippen molar-refractivity contribution >= 4 is 22.8 Å². The largest absolute Gasteiger partial charge is 0.348 e. The van der Waals surface area contributed by atoms with Gasteiger partial charge in [0.2, 0.25) is 0 Å². The number of nitrogens with zero attached hydrogens (tertiary/aromatic N) is 1. The molecule has 122 valence electrons. The van der Waals surface area contributed by atoms with E-state index in [4.69, 9.17) is 0 Å². The predicted molar refractivity (Wildman–Crippen MR) is 97.1 cm³/mol. The van der Waals surface area contributed by atoms with Gasteiger partial charge in [-0.3, -0.25) is 4.79 Å². The fourth-order valence-electron chi connectivity index (χ4n) is 3.46. The Morgan fingerprint density at radius 2 is 1.92 bits per heavy atom. The van der Waals surface area contributed by atoms with Crippen LogP contribution >= 0.6 is 0 Å². The van der Waals surface area contributed by atoms with E-state index >= 15 is 0 Å². The quantitative estimate of drug-likeness (QED) is 0.672. The van der Waals surface area contributed by atoms with Crippen molar-refractivity contribution in [3.8, 4) is 6.07 Å². The van der Waals surface area contributed by atoms with Gasteiger partial charge in [-0.2, -0.15) is 5.26 Å². The Hall–Kier alpha value is -2.60. The second kappa shape index (κ2) is 7.31. The number of hydrogen-bond acceptors (Lipinski definition) is 2. The summed E-state index contributed by atoms with van der Waals surface area (Å²) in [7, 11) is 0. The molecular formula is C21H22N2O. The van der Waals surface area contributed by atoms with Gasteiger partial charge in [-0.25, -0.2) is 0 Å². The molecule has 3 rings (SSSR count). The van der Waals surface area contributed by atoms with Crippen molar-refractivity contribution in [2.24, 2.45) is 5.92 Å². The van der Waals surface area contributed by atoms with Crippen molar-refractivity contribution in [2.45, 2.75) is 38.6 Å². The van der Waals surface area contributed by atoms with Gasteiger partial charge in [-0.05, 0) is 41.2 Å². The minimum Gasteiger partial charge on any atom is -0.348 e. The lowest BCUT2D eigenvalue weighted by atomic mass is 9.86. The molecule has 1 N–H and O–H groups in total. The molecule has 0 saturated heterocycles. The average molecular weight is 318 g/mol. The summed E-state index contributed by atoms with van der Waals surface area (Å²) in [5.41, 5.74) is 1.07. The molecule has 24 heavy (non-hydrogen) atoms. The molecule has 0 unspecified atom stereocenters. The molecule has 1 aliphatic carbocycles. The smallest absolute Gasteiger partial charge is 0.262 e. The summed E-state index contributed by atoms with van der Waals surface area (Å²) in [5, 5.41) is 14.7. The number of carbonyl (C=O) groups excluding carboxylic acids is 1. The third-order valence-corrected chi connectivity index (χ3v) is 4.92. The Kier molecular flexibility index (Phi) is 4.96. The van der Waals surface area contributed by atoms with Gasteiger partial charge in [0.25, 0.3) is 5.91 Å². The van der Waals surface area contributed by atoms with Gasteiger partial charge in [0.05, 0.1) is 0 Å². The molecule has 2 aromatic rings. The lowest BCUT2D eigenvalue weighted by molar-refractivity contribution is -0.118. The second-order valence-corrected chi connectivity index (χ2v) is 6.58. The summed E-state index contributed by atoms with van der Waals surface area (Å²) >= 11 is 0. The first-order chi connectivity index (χ1) is 11.7. The zero-order valence-electron chi connectivity index (χ0n) is 14.0. The van der Waals surface area contributed by atoms with Crippen molar-refractivity contribution in [1.29, 1.82) is 5.26 Å². The molecule has 3 heteroatoms. The highest BCUT2D eigenvalue weighted by Gasteiger charge is 2.24. The van der Waals surface area contributed by atoms with E-state index in [9.17, 15) is 10.1 Å². The van der Waals surface area contributed by atoms with E-state index < -0.39 is 0 Å². The minimum atomic E-state index is -0.260. The van der Waals surface area contributed by atoms with Crippen LogP contribution in [0.2, 0.25) is 0 Å². The highest BCUT2D eigenvalue weighted by Crippen LogP contribution is 2.24. The fraction of sp³-hybridized carbons (Fsp3) is 0.333. The number of nitrogens with one attached hydrogen (secondary N) is 1. The van der Waals surface area contributed by atoms with E-state index in [1.54, 1.807) is 6.08 Å². The monoisotopic (exact) mass is 318 g/mol. The van der Waals surface area contributed by atoms with E-state index in [1.165, 1.54) is 6.42 Å². The maximum absolute atomic E-state index is 12.5. The Labute approximate surface area is 143 Å². The van der Waals surface area contributed by atoms with Gasteiger partial charge in [0.15, 0.2) is 0 Å². The van der Waals surface area contributed by atoms with Crippen LogP contribution in [0.4, 0.5) is 0 Å². The molecule has 0 spiro atoms. The third kappa shape index (κ3) is 3.49. The molecule has 1 aliphatic rings. The second-order valence-electron chi connectivity index (χ2n) is 6.58. The summed E-state index contributed by atoms with van der Waals surface area (Å²) in [6.07, 6.45) is 6.21. The van der Waals surface area contributed by atoms with Crippen LogP contribution in [0.5, 0.6) is 0 Å². The Morgan fingerprint density at radius 3 is 2.71 bits per heavy atom. The lowest BCUT2D eigenvalue weighted by Crippen LogP contribution is -2.41. The normalized spacial score (nSPS) is 21.2. The van der Waals surface area contributed by atoms with E-state index in [0.717, 1.165) is 35.6 Å². The first kappa shape index (κ1) is 16.3. The number of nitriles is 1. The van der Waals surface area contributed by atoms with Crippen molar-refractivity contribution in [1.82, 2.24) is 5.32 Å². The Balaban J connectivity index is 1.86. The zero-order valence-corrected chi connectivity index (χ0v) is 14.0. The van der Waals surface area contributed by atoms with Gasteiger partial charge in [-0.1, -0.05) is 62.2 Å². The third-order valence-electron chi connectivity index (χ3n) is 4.92. The highest BCUT2D eigenvalue weighted by molar-refractivity contribution is 6.04. The molecule has 3 nitrogen and oxygen atoms in total. The van der Waals surface area contributed by atoms with Gasteiger partial charge >= 0.3 is 0 Å². The molecule has 0 heterocycles. The number of rotatable bonds is 3. The van der Waals surface area contributed by atoms with Crippen molar-refractivity contribution in [3.63, 3.8) is 0 Å². The van der Waals surface area contributed by atoms with E-state index in [2.05, 4.69) is 18.3 Å². The van der Waals surface area contributed by atoms with Crippen molar-refractivity contribution < 1.29 is 4.79 Å². The summed E-state index contributed by atoms with van der Waals surface area (Å²) < 4.78 is 0. The number of amides is 1. The predicted octanol–water partition coefficient (Wildman–Crippen LogP) is 4.44. The molecule has 2 atom stereocenters. The molecule has 0 aromatic heterocycles. The van der Waals surface area contributed by atoms with Crippen molar-refractivity contribution in [2.75, 3.05) is 0 Å². The highest BCUT2D eigenvalue weighted by atomic mass is 16.1. The van der Waals surface area contributed by atoms with Crippen LogP contribution in [-0.2, 0) is 4.79 Å². The zero-order chi connectivity index (χ0) is 16.9. The average Bonchev–Trinajstić information content (AvgIpc) is 2.61. The first-order valence-corrected chi connectivity index (χ1v) is 8.59. The van der Waals surface area contributed by atoms with Gasteiger partial charge in [0, 0.05) is 6.04 Å². The molecule has 0 radical (unpaired) electrons. The standard InChI is InChI=1S/C21H22N2O/c1-15-7-2-5-12-20(15)23-21(24)18(14-22)13-17-10-6-9-16-8-3-4-11-19(16)17/h3-4,6,8-11,13,15,20H,2,5,7,12H2,1H3,(H,23,24)/b18-13+/t15-,20+/m0/s1. The molecule has 1 fully saturated rings. The molecule has 0 bridgehead atoms. The lowest BCUT2D eigenvalue weighted by Gasteiger charge is -2.29. The number of benzene rings is 2. The minimum absolute atomic E-state index is 0.170. The van der Waals surface area contributed by atoms with Crippen molar-refractivity contribution in [3.05, 3.63) is 53.6 Å². The van der Waals surface area contributed by atoms with E-state index in [0.29, 0.717) is 5.92 Å². The van der Waals surface area contributed by atoms with Gasteiger partial charge in [0.1, 0.15) is 11.6 Å². The van der Waals surface area contributed by atoms with Crippen LogP contribution in [-0.4, -0.2) is 11.9 Å². The number of hydrogen-bond donors (Lipinski definition) is 1. The van der Waals surface area contributed by atoms with Gasteiger partial charge in [-0.15, -0.1) is 0 Å². The van der Waals surface area contributed by atoms with Crippen LogP contribution in [0.25, 0.3) is 16.8 Å². The van der Waals surface area contributed by atoms with E-state index in [-0.39, 0.29) is 17.5 Å². The van der Waals surface area contributed by atoms with Crippen LogP contribution < -0.4 is 5.32 Å². The topological polar surface area (TPSA) is 52.9 Å². The van der Waals surface area contributed by atoms with Crippen LogP contribution in [0.15, 0.2) is 48.0 Å². The van der Waals surface area contributed by atoms with E-state index in [1.807, 2.05) is 42.5 Å². The summed E-state index contributed by atoms with van der Waals surface area (Å²) in [6, 6.07) is 16.2.